The first kappa shape index (κ1) is 11.9. The Bertz CT molecular complexity index is 619. The average Bonchev–Trinajstić information content (AvgIpc) is 2.78. The van der Waals surface area contributed by atoms with Crippen LogP contribution in [0, 0.1) is 13.8 Å². The van der Waals surface area contributed by atoms with Gasteiger partial charge in [-0.2, -0.15) is 0 Å². The third-order valence-electron chi connectivity index (χ3n) is 2.91. The van der Waals surface area contributed by atoms with Gasteiger partial charge in [-0.05, 0) is 26.0 Å². The predicted molar refractivity (Wildman–Crippen MR) is 67.8 cm³/mol. The van der Waals surface area contributed by atoms with Crippen molar-refractivity contribution in [2.75, 3.05) is 0 Å². The topological polar surface area (TPSA) is 44.0 Å². The van der Waals surface area contributed by atoms with Gasteiger partial charge in [0, 0.05) is 23.8 Å². The van der Waals surface area contributed by atoms with Gasteiger partial charge in [-0.15, -0.1) is 0 Å². The SMILES string of the molecule is Cc1sc(=O)n(CC(=O)c2cccn2C)c1C. The summed E-state index contributed by atoms with van der Waals surface area (Å²) in [7, 11) is 1.82. The molecule has 0 atom stereocenters. The zero-order valence-corrected chi connectivity index (χ0v) is 10.9. The molecule has 0 N–H and O–H groups in total. The second-order valence-electron chi connectivity index (χ2n) is 4.02. The van der Waals surface area contributed by atoms with Crippen molar-refractivity contribution in [1.29, 1.82) is 0 Å². The molecule has 0 fully saturated rings. The molecule has 2 rings (SSSR count). The first-order valence-corrected chi connectivity index (χ1v) is 6.13. The Kier molecular flexibility index (Phi) is 3.02. The maximum atomic E-state index is 12.0. The Morgan fingerprint density at radius 1 is 1.41 bits per heavy atom. The monoisotopic (exact) mass is 250 g/mol. The smallest absolute Gasteiger partial charge is 0.307 e. The van der Waals surface area contributed by atoms with Gasteiger partial charge < -0.3 is 4.57 Å². The van der Waals surface area contributed by atoms with E-state index in [0.29, 0.717) is 5.69 Å². The van der Waals surface area contributed by atoms with Crippen LogP contribution in [0.5, 0.6) is 0 Å². The molecule has 0 aliphatic rings. The normalized spacial score (nSPS) is 10.8. The van der Waals surface area contributed by atoms with Crippen molar-refractivity contribution >= 4 is 17.1 Å². The van der Waals surface area contributed by atoms with E-state index in [1.165, 1.54) is 15.9 Å². The van der Waals surface area contributed by atoms with E-state index in [-0.39, 0.29) is 17.2 Å². The van der Waals surface area contributed by atoms with Gasteiger partial charge >= 0.3 is 4.87 Å². The fraction of sp³-hybridized carbons (Fsp3) is 0.333. The number of hydrogen-bond donors (Lipinski definition) is 0. The number of thiazole rings is 1. The summed E-state index contributed by atoms with van der Waals surface area (Å²) in [6.07, 6.45) is 1.82. The largest absolute Gasteiger partial charge is 0.348 e. The van der Waals surface area contributed by atoms with Crippen LogP contribution in [0.3, 0.4) is 0 Å². The van der Waals surface area contributed by atoms with Crippen molar-refractivity contribution in [3.63, 3.8) is 0 Å². The lowest BCUT2D eigenvalue weighted by Crippen LogP contribution is -2.21. The number of aromatic nitrogens is 2. The van der Waals surface area contributed by atoms with Crippen molar-refractivity contribution in [2.45, 2.75) is 20.4 Å². The van der Waals surface area contributed by atoms with Gasteiger partial charge in [0.25, 0.3) is 0 Å². The molecule has 0 saturated carbocycles. The highest BCUT2D eigenvalue weighted by atomic mass is 32.1. The third kappa shape index (κ3) is 2.10. The highest BCUT2D eigenvalue weighted by Gasteiger charge is 2.14. The van der Waals surface area contributed by atoms with Crippen LogP contribution >= 0.6 is 11.3 Å². The zero-order valence-electron chi connectivity index (χ0n) is 10.1. The molecule has 0 unspecified atom stereocenters. The number of aryl methyl sites for hydroxylation is 2. The fourth-order valence-corrected chi connectivity index (χ4v) is 2.58. The van der Waals surface area contributed by atoms with Gasteiger partial charge in [-0.1, -0.05) is 11.3 Å². The minimum atomic E-state index is -0.0671. The van der Waals surface area contributed by atoms with Gasteiger partial charge in [0.1, 0.15) is 0 Å². The molecule has 4 nitrogen and oxygen atoms in total. The van der Waals surface area contributed by atoms with Gasteiger partial charge in [0.15, 0.2) is 5.78 Å². The molecule has 0 amide bonds. The lowest BCUT2D eigenvalue weighted by molar-refractivity contribution is 0.0962. The van der Waals surface area contributed by atoms with E-state index < -0.39 is 0 Å². The van der Waals surface area contributed by atoms with Crippen LogP contribution in [0.1, 0.15) is 21.1 Å². The van der Waals surface area contributed by atoms with E-state index in [1.54, 1.807) is 10.6 Å². The maximum Gasteiger partial charge on any atom is 0.307 e. The summed E-state index contributed by atoms with van der Waals surface area (Å²) in [5.74, 6) is -0.0412. The van der Waals surface area contributed by atoms with Crippen LogP contribution < -0.4 is 4.87 Å². The highest BCUT2D eigenvalue weighted by Crippen LogP contribution is 2.10. The van der Waals surface area contributed by atoms with Crippen LogP contribution in [0.25, 0.3) is 0 Å². The minimum Gasteiger partial charge on any atom is -0.348 e. The van der Waals surface area contributed by atoms with Crippen LogP contribution in [0.15, 0.2) is 23.1 Å². The first-order valence-electron chi connectivity index (χ1n) is 5.32. The van der Waals surface area contributed by atoms with Crippen molar-refractivity contribution in [3.8, 4) is 0 Å². The Hall–Kier alpha value is -1.62. The molecule has 0 spiro atoms. The average molecular weight is 250 g/mol. The Morgan fingerprint density at radius 2 is 2.12 bits per heavy atom. The number of ketones is 1. The minimum absolute atomic E-state index is 0.0412. The molecule has 0 aliphatic carbocycles. The van der Waals surface area contributed by atoms with E-state index in [0.717, 1.165) is 10.6 Å². The van der Waals surface area contributed by atoms with E-state index in [9.17, 15) is 9.59 Å². The van der Waals surface area contributed by atoms with E-state index >= 15 is 0 Å². The number of rotatable bonds is 3. The second kappa shape index (κ2) is 4.33. The van der Waals surface area contributed by atoms with Gasteiger partial charge in [-0.25, -0.2) is 0 Å². The lowest BCUT2D eigenvalue weighted by atomic mass is 10.2. The van der Waals surface area contributed by atoms with Crippen LogP contribution in [-0.4, -0.2) is 14.9 Å². The molecule has 0 aliphatic heterocycles. The van der Waals surface area contributed by atoms with Crippen LogP contribution in [-0.2, 0) is 13.6 Å². The molecule has 0 saturated heterocycles. The van der Waals surface area contributed by atoms with Gasteiger partial charge in [0.05, 0.1) is 12.2 Å². The number of carbonyl (C=O) groups is 1. The highest BCUT2D eigenvalue weighted by molar-refractivity contribution is 7.09. The third-order valence-corrected chi connectivity index (χ3v) is 3.90. The molecule has 2 aromatic rings. The Balaban J connectivity index is 2.31. The molecule has 0 bridgehead atoms. The zero-order chi connectivity index (χ0) is 12.6. The molecule has 2 aromatic heterocycles. The summed E-state index contributed by atoms with van der Waals surface area (Å²) < 4.78 is 3.30. The van der Waals surface area contributed by atoms with Crippen LogP contribution in [0.2, 0.25) is 0 Å². The van der Waals surface area contributed by atoms with Gasteiger partial charge in [0.2, 0.25) is 0 Å². The Morgan fingerprint density at radius 3 is 2.59 bits per heavy atom. The van der Waals surface area contributed by atoms with E-state index in [1.807, 2.05) is 33.2 Å². The number of carbonyl (C=O) groups excluding carboxylic acids is 1. The van der Waals surface area contributed by atoms with Gasteiger partial charge in [-0.3, -0.25) is 14.2 Å². The van der Waals surface area contributed by atoms with Crippen molar-refractivity contribution in [1.82, 2.24) is 9.13 Å². The van der Waals surface area contributed by atoms with E-state index in [4.69, 9.17) is 0 Å². The molecule has 90 valence electrons. The maximum absolute atomic E-state index is 12.0. The fourth-order valence-electron chi connectivity index (χ4n) is 1.75. The molecule has 2 heterocycles. The quantitative estimate of drug-likeness (QED) is 0.779. The summed E-state index contributed by atoms with van der Waals surface area (Å²) in [6, 6.07) is 3.59. The molecule has 17 heavy (non-hydrogen) atoms. The molecular formula is C12H14N2O2S. The molecule has 5 heteroatoms. The summed E-state index contributed by atoms with van der Waals surface area (Å²) in [4.78, 5) is 24.6. The van der Waals surface area contributed by atoms with Crippen LogP contribution in [0.4, 0.5) is 0 Å². The molecule has 0 radical (unpaired) electrons. The van der Waals surface area contributed by atoms with E-state index in [2.05, 4.69) is 0 Å². The second-order valence-corrected chi connectivity index (χ2v) is 5.19. The lowest BCUT2D eigenvalue weighted by Gasteiger charge is -2.05. The predicted octanol–water partition coefficient (Wildman–Crippen LogP) is 1.75. The van der Waals surface area contributed by atoms with Crippen molar-refractivity contribution < 1.29 is 4.79 Å². The summed E-state index contributed by atoms with van der Waals surface area (Å²) in [5.41, 5.74) is 1.50. The summed E-state index contributed by atoms with van der Waals surface area (Å²) in [5, 5.41) is 0. The molecular weight excluding hydrogens is 236 g/mol. The number of hydrogen-bond acceptors (Lipinski definition) is 3. The number of Topliss-reactive ketones (excluding diaryl/α,β-unsaturated/α-hetero) is 1. The Labute approximate surface area is 103 Å². The summed E-state index contributed by atoms with van der Waals surface area (Å²) >= 11 is 1.19. The number of nitrogens with zero attached hydrogens (tertiary/aromatic N) is 2. The first-order chi connectivity index (χ1) is 8.00. The molecule has 0 aromatic carbocycles. The van der Waals surface area contributed by atoms with Crippen molar-refractivity contribution in [2.24, 2.45) is 7.05 Å². The van der Waals surface area contributed by atoms with Crippen molar-refractivity contribution in [3.05, 3.63) is 44.3 Å². The standard InChI is InChI=1S/C12H14N2O2S/c1-8-9(2)17-12(16)14(8)7-11(15)10-5-4-6-13(10)3/h4-6H,7H2,1-3H3. The summed E-state index contributed by atoms with van der Waals surface area (Å²) in [6.45, 7) is 3.88.